The molecule has 0 fully saturated rings. The Hall–Kier alpha value is 0.185. The smallest absolute Gasteiger partial charge is 0.132 e. The Morgan fingerprint density at radius 3 is 2.38 bits per heavy atom. The lowest BCUT2D eigenvalue weighted by Crippen LogP contribution is -1.70. The highest BCUT2D eigenvalue weighted by Crippen LogP contribution is 2.09. The van der Waals surface area contributed by atoms with Crippen molar-refractivity contribution in [1.29, 1.82) is 0 Å². The van der Waals surface area contributed by atoms with Gasteiger partial charge in [0, 0.05) is 4.91 Å². The summed E-state index contributed by atoms with van der Waals surface area (Å²) in [5.74, 6) is 0. The van der Waals surface area contributed by atoms with E-state index in [9.17, 15) is 0 Å². The lowest BCUT2D eigenvalue weighted by molar-refractivity contribution is 1.72. The highest BCUT2D eigenvalue weighted by atomic mass is 35.5. The summed E-state index contributed by atoms with van der Waals surface area (Å²) >= 11 is 9.28. The molecule has 0 N–H and O–H groups in total. The molecule has 0 nitrogen and oxygen atoms in total. The zero-order valence-corrected chi connectivity index (χ0v) is 6.21. The van der Waals surface area contributed by atoms with Crippen LogP contribution >= 0.6 is 24.2 Å². The maximum absolute atomic E-state index is 5.34. The molecule has 0 heterocycles. The van der Waals surface area contributed by atoms with Gasteiger partial charge in [0.05, 0.1) is 0 Å². The van der Waals surface area contributed by atoms with Crippen molar-refractivity contribution in [3.63, 3.8) is 0 Å². The molecule has 3 heteroatoms. The fourth-order valence-corrected chi connectivity index (χ4v) is 0.450. The zero-order valence-electron chi connectivity index (χ0n) is 4.56. The zero-order chi connectivity index (χ0) is 6.57. The predicted octanol–water partition coefficient (Wildman–Crippen LogP) is 2.07. The standard InChI is InChI=1S/C5H6BClS/c1-2-3-4(8)5(6)7/h2-3,8H,1H3/b3-2-,5-4-. The normalized spacial score (nSPS) is 14.4. The Bertz CT molecular complexity index is 124. The molecule has 0 unspecified atom stereocenters. The third-order valence-electron chi connectivity index (χ3n) is 0.569. The maximum atomic E-state index is 5.34. The minimum Gasteiger partial charge on any atom is -0.143 e. The Morgan fingerprint density at radius 2 is 2.25 bits per heavy atom. The van der Waals surface area contributed by atoms with E-state index in [4.69, 9.17) is 19.4 Å². The summed E-state index contributed by atoms with van der Waals surface area (Å²) < 4.78 is 0. The third-order valence-corrected chi connectivity index (χ3v) is 1.29. The molecule has 0 aliphatic carbocycles. The number of allylic oxidation sites excluding steroid dienone is 2. The van der Waals surface area contributed by atoms with E-state index in [1.807, 2.05) is 13.0 Å². The summed E-state index contributed by atoms with van der Waals surface area (Å²) in [6, 6.07) is 0. The Labute approximate surface area is 61.4 Å². The van der Waals surface area contributed by atoms with Gasteiger partial charge in [0.25, 0.3) is 0 Å². The van der Waals surface area contributed by atoms with Gasteiger partial charge in [-0.25, -0.2) is 0 Å². The van der Waals surface area contributed by atoms with Gasteiger partial charge in [0.2, 0.25) is 0 Å². The van der Waals surface area contributed by atoms with Crippen LogP contribution in [0.1, 0.15) is 6.92 Å². The Morgan fingerprint density at radius 1 is 1.75 bits per heavy atom. The fraction of sp³-hybridized carbons (Fsp3) is 0.200. The third kappa shape index (κ3) is 3.22. The lowest BCUT2D eigenvalue weighted by Gasteiger charge is -1.88. The summed E-state index contributed by atoms with van der Waals surface area (Å²) in [6.45, 7) is 1.87. The summed E-state index contributed by atoms with van der Waals surface area (Å²) in [5, 5.41) is 0. The van der Waals surface area contributed by atoms with Gasteiger partial charge in [-0.3, -0.25) is 0 Å². The van der Waals surface area contributed by atoms with Crippen LogP contribution in [-0.4, -0.2) is 7.85 Å². The van der Waals surface area contributed by atoms with E-state index in [2.05, 4.69) is 12.6 Å². The second kappa shape index (κ2) is 4.10. The monoisotopic (exact) mass is 144 g/mol. The van der Waals surface area contributed by atoms with Crippen molar-refractivity contribution in [2.45, 2.75) is 6.92 Å². The predicted molar refractivity (Wildman–Crippen MR) is 42.4 cm³/mol. The van der Waals surface area contributed by atoms with Crippen LogP contribution in [-0.2, 0) is 0 Å². The van der Waals surface area contributed by atoms with Gasteiger partial charge in [0.15, 0.2) is 0 Å². The fourth-order valence-electron chi connectivity index (χ4n) is 0.237. The summed E-state index contributed by atoms with van der Waals surface area (Å²) in [7, 11) is 5.14. The first-order chi connectivity index (χ1) is 3.68. The van der Waals surface area contributed by atoms with Crippen molar-refractivity contribution in [2.24, 2.45) is 0 Å². The average Bonchev–Trinajstić information content (AvgIpc) is 1.67. The molecule has 42 valence electrons. The summed E-state index contributed by atoms with van der Waals surface area (Å²) in [4.78, 5) is 0.834. The second-order valence-electron chi connectivity index (χ2n) is 1.23. The number of halogens is 1. The van der Waals surface area contributed by atoms with Gasteiger partial charge in [-0.2, -0.15) is 0 Å². The van der Waals surface area contributed by atoms with E-state index in [1.54, 1.807) is 6.08 Å². The van der Waals surface area contributed by atoms with Crippen molar-refractivity contribution in [3.8, 4) is 0 Å². The molecule has 0 atom stereocenters. The molecule has 0 bridgehead atoms. The van der Waals surface area contributed by atoms with Crippen molar-refractivity contribution >= 4 is 32.1 Å². The molecule has 0 aromatic heterocycles. The SMILES string of the molecule is [B]/C(Cl)=C(S)\C=C/C. The van der Waals surface area contributed by atoms with Crippen LogP contribution in [0.3, 0.4) is 0 Å². The molecule has 0 saturated heterocycles. The largest absolute Gasteiger partial charge is 0.143 e. The molecule has 0 spiro atoms. The molecule has 0 amide bonds. The van der Waals surface area contributed by atoms with Gasteiger partial charge in [0.1, 0.15) is 7.85 Å². The lowest BCUT2D eigenvalue weighted by atomic mass is 10.1. The highest BCUT2D eigenvalue weighted by Gasteiger charge is 1.84. The molecular weight excluding hydrogens is 138 g/mol. The summed E-state index contributed by atoms with van der Waals surface area (Å²) in [6.07, 6.45) is 3.54. The Balaban J connectivity index is 4.00. The molecule has 0 aromatic carbocycles. The van der Waals surface area contributed by atoms with Gasteiger partial charge in [-0.15, -0.1) is 24.2 Å². The number of hydrogen-bond acceptors (Lipinski definition) is 1. The molecule has 0 aromatic rings. The first-order valence-corrected chi connectivity index (χ1v) is 2.98. The van der Waals surface area contributed by atoms with Crippen molar-refractivity contribution in [1.82, 2.24) is 0 Å². The minimum atomic E-state index is 0.228. The molecule has 8 heavy (non-hydrogen) atoms. The van der Waals surface area contributed by atoms with Gasteiger partial charge in [-0.05, 0) is 11.9 Å². The minimum absolute atomic E-state index is 0.228. The molecule has 2 radical (unpaired) electrons. The van der Waals surface area contributed by atoms with Gasteiger partial charge in [-0.1, -0.05) is 12.2 Å². The van der Waals surface area contributed by atoms with Crippen molar-refractivity contribution in [2.75, 3.05) is 0 Å². The van der Waals surface area contributed by atoms with Crippen LogP contribution in [0.4, 0.5) is 0 Å². The highest BCUT2D eigenvalue weighted by molar-refractivity contribution is 7.84. The molecule has 0 rings (SSSR count). The second-order valence-corrected chi connectivity index (χ2v) is 2.12. The van der Waals surface area contributed by atoms with Gasteiger partial charge < -0.3 is 0 Å². The van der Waals surface area contributed by atoms with Gasteiger partial charge >= 0.3 is 0 Å². The van der Waals surface area contributed by atoms with Crippen LogP contribution in [0.2, 0.25) is 0 Å². The first-order valence-electron chi connectivity index (χ1n) is 2.15. The van der Waals surface area contributed by atoms with E-state index in [-0.39, 0.29) is 4.93 Å². The molecule has 0 aliphatic rings. The average molecular weight is 144 g/mol. The van der Waals surface area contributed by atoms with Crippen LogP contribution < -0.4 is 0 Å². The van der Waals surface area contributed by atoms with E-state index < -0.39 is 0 Å². The van der Waals surface area contributed by atoms with Crippen LogP contribution in [0.15, 0.2) is 22.0 Å². The van der Waals surface area contributed by atoms with E-state index in [0.717, 1.165) is 0 Å². The van der Waals surface area contributed by atoms with Crippen LogP contribution in [0.5, 0.6) is 0 Å². The van der Waals surface area contributed by atoms with Crippen molar-refractivity contribution < 1.29 is 0 Å². The molecular formula is C5H6BClS. The number of rotatable bonds is 1. The molecule has 0 aliphatic heterocycles. The number of hydrogen-bond donors (Lipinski definition) is 1. The first kappa shape index (κ1) is 8.18. The topological polar surface area (TPSA) is 0 Å². The van der Waals surface area contributed by atoms with Crippen LogP contribution in [0.25, 0.3) is 0 Å². The van der Waals surface area contributed by atoms with Crippen molar-refractivity contribution in [3.05, 3.63) is 22.0 Å². The van der Waals surface area contributed by atoms with E-state index in [1.165, 1.54) is 0 Å². The van der Waals surface area contributed by atoms with Crippen LogP contribution in [0, 0.1) is 0 Å². The molecule has 0 saturated carbocycles. The van der Waals surface area contributed by atoms with E-state index >= 15 is 0 Å². The quantitative estimate of drug-likeness (QED) is 0.325. The summed E-state index contributed by atoms with van der Waals surface area (Å²) in [5.41, 5.74) is 0. The number of thiol groups is 1. The maximum Gasteiger partial charge on any atom is 0.132 e. The Kier molecular flexibility index (Phi) is 4.20. The van der Waals surface area contributed by atoms with E-state index in [0.29, 0.717) is 4.91 Å².